The summed E-state index contributed by atoms with van der Waals surface area (Å²) in [5.74, 6) is 0. The molecule has 2 rings (SSSR count). The first-order valence-corrected chi connectivity index (χ1v) is 11.4. The van der Waals surface area contributed by atoms with Crippen LogP contribution < -0.4 is 51.4 Å². The van der Waals surface area contributed by atoms with Gasteiger partial charge >= 0.3 is 51.4 Å². The van der Waals surface area contributed by atoms with Crippen molar-refractivity contribution in [2.75, 3.05) is 0 Å². The minimum Gasteiger partial charge on any atom is -0.744 e. The average molecular weight is 415 g/mol. The summed E-state index contributed by atoms with van der Waals surface area (Å²) in [7, 11) is -4.39. The monoisotopic (exact) mass is 414 g/mol. The van der Waals surface area contributed by atoms with Crippen molar-refractivity contribution in [1.29, 1.82) is 0 Å². The van der Waals surface area contributed by atoms with Gasteiger partial charge in [0, 0.05) is 0 Å². The van der Waals surface area contributed by atoms with E-state index in [1.54, 1.807) is 6.07 Å². The fourth-order valence-electron chi connectivity index (χ4n) is 3.40. The number of hydrogen-bond acceptors (Lipinski definition) is 3. The molecule has 0 heterocycles. The van der Waals surface area contributed by atoms with Gasteiger partial charge in [-0.15, -0.1) is 0 Å². The summed E-state index contributed by atoms with van der Waals surface area (Å²) in [6.07, 6.45) is 14.2. The number of unbranched alkanes of at least 4 members (excludes halogenated alkanes) is 9. The van der Waals surface area contributed by atoms with Crippen LogP contribution in [0.1, 0.15) is 76.7 Å². The van der Waals surface area contributed by atoms with Gasteiger partial charge in [-0.2, -0.15) is 0 Å². The van der Waals surface area contributed by atoms with Crippen LogP contribution in [0.5, 0.6) is 0 Å². The fourth-order valence-corrected chi connectivity index (χ4v) is 3.91. The minimum atomic E-state index is -4.39. The summed E-state index contributed by atoms with van der Waals surface area (Å²) in [4.78, 5) is -0.152. The Bertz CT molecular complexity index is 787. The second-order valence-electron chi connectivity index (χ2n) is 7.23. The van der Waals surface area contributed by atoms with Crippen LogP contribution >= 0.6 is 0 Å². The zero-order valence-electron chi connectivity index (χ0n) is 16.9. The molecule has 0 bridgehead atoms. The molecule has 0 aliphatic carbocycles. The van der Waals surface area contributed by atoms with Gasteiger partial charge in [-0.25, -0.2) is 8.42 Å². The average Bonchev–Trinajstić information content (AvgIpc) is 2.62. The van der Waals surface area contributed by atoms with Crippen molar-refractivity contribution in [3.63, 3.8) is 0 Å². The molecule has 5 heteroatoms. The summed E-state index contributed by atoms with van der Waals surface area (Å²) in [5, 5.41) is 1.79. The van der Waals surface area contributed by atoms with E-state index in [-0.39, 0.29) is 56.3 Å². The van der Waals surface area contributed by atoms with Crippen molar-refractivity contribution in [3.8, 4) is 0 Å². The van der Waals surface area contributed by atoms with E-state index in [1.807, 2.05) is 12.1 Å². The third kappa shape index (κ3) is 9.53. The third-order valence-electron chi connectivity index (χ3n) is 4.98. The van der Waals surface area contributed by atoms with Gasteiger partial charge < -0.3 is 4.55 Å². The molecule has 2 aromatic carbocycles. The molecule has 0 radical (unpaired) electrons. The smallest absolute Gasteiger partial charge is 0.744 e. The van der Waals surface area contributed by atoms with Crippen molar-refractivity contribution >= 4 is 20.9 Å². The molecular formula is C22H31KO3S. The summed E-state index contributed by atoms with van der Waals surface area (Å²) in [5.41, 5.74) is 1.21. The molecule has 3 nitrogen and oxygen atoms in total. The maximum atomic E-state index is 11.2. The van der Waals surface area contributed by atoms with E-state index in [4.69, 9.17) is 0 Å². The molecule has 144 valence electrons. The van der Waals surface area contributed by atoms with Gasteiger partial charge in [0.15, 0.2) is 0 Å². The molecule has 0 saturated carbocycles. The Morgan fingerprint density at radius 2 is 1.30 bits per heavy atom. The fraction of sp³-hybridized carbons (Fsp3) is 0.545. The quantitative estimate of drug-likeness (QED) is 0.304. The molecule has 0 aliphatic rings. The van der Waals surface area contributed by atoms with E-state index in [0.717, 1.165) is 23.6 Å². The number of aryl methyl sites for hydroxylation is 1. The molecule has 0 aliphatic heterocycles. The Hall–Kier alpha value is 0.246. The van der Waals surface area contributed by atoms with E-state index < -0.39 is 10.1 Å². The van der Waals surface area contributed by atoms with Crippen LogP contribution in [0.2, 0.25) is 0 Å². The summed E-state index contributed by atoms with van der Waals surface area (Å²) >= 11 is 0. The zero-order valence-corrected chi connectivity index (χ0v) is 20.8. The normalized spacial score (nSPS) is 11.5. The molecule has 0 fully saturated rings. The van der Waals surface area contributed by atoms with E-state index in [9.17, 15) is 13.0 Å². The standard InChI is InChI=1S/C22H32O3S.K/c1-2-3-4-5-6-7-8-9-10-11-12-19-13-14-20-15-16-22(26(23,24)25)18-21(20)17-19;/h13-18H,2-12H2,1H3,(H,23,24,25);/q;+1/p-1. The summed E-state index contributed by atoms with van der Waals surface area (Å²) in [6, 6.07) is 10.7. The van der Waals surface area contributed by atoms with Crippen LogP contribution in [0.15, 0.2) is 41.3 Å². The van der Waals surface area contributed by atoms with Crippen LogP contribution in [-0.4, -0.2) is 13.0 Å². The molecule has 0 unspecified atom stereocenters. The second kappa shape index (κ2) is 13.5. The first-order chi connectivity index (χ1) is 12.5. The van der Waals surface area contributed by atoms with Crippen molar-refractivity contribution in [1.82, 2.24) is 0 Å². The van der Waals surface area contributed by atoms with Crippen molar-refractivity contribution in [2.24, 2.45) is 0 Å². The van der Waals surface area contributed by atoms with E-state index in [2.05, 4.69) is 13.0 Å². The summed E-state index contributed by atoms with van der Waals surface area (Å²) in [6.45, 7) is 2.25. The second-order valence-corrected chi connectivity index (χ2v) is 8.61. The Kier molecular flexibility index (Phi) is 12.6. The first-order valence-electron chi connectivity index (χ1n) is 9.99. The predicted octanol–water partition coefficient (Wildman–Crippen LogP) is 3.21. The van der Waals surface area contributed by atoms with Crippen LogP contribution in [0.3, 0.4) is 0 Å². The predicted molar refractivity (Wildman–Crippen MR) is 107 cm³/mol. The third-order valence-corrected chi connectivity index (χ3v) is 5.82. The van der Waals surface area contributed by atoms with Gasteiger partial charge in [0.25, 0.3) is 0 Å². The van der Waals surface area contributed by atoms with E-state index >= 15 is 0 Å². The molecular weight excluding hydrogens is 383 g/mol. The minimum absolute atomic E-state index is 0. The van der Waals surface area contributed by atoms with Gasteiger partial charge in [0.05, 0.1) is 4.90 Å². The van der Waals surface area contributed by atoms with Crippen LogP contribution in [0.4, 0.5) is 0 Å². The molecule has 0 amide bonds. The largest absolute Gasteiger partial charge is 1.00 e. The number of fused-ring (bicyclic) bond motifs is 1. The molecule has 0 aromatic heterocycles. The van der Waals surface area contributed by atoms with E-state index in [0.29, 0.717) is 0 Å². The number of benzene rings is 2. The Morgan fingerprint density at radius 1 is 0.741 bits per heavy atom. The Balaban J connectivity index is 0.00000364. The van der Waals surface area contributed by atoms with Crippen LogP contribution in [0.25, 0.3) is 10.8 Å². The van der Waals surface area contributed by atoms with Crippen molar-refractivity contribution in [2.45, 2.75) is 82.4 Å². The van der Waals surface area contributed by atoms with Gasteiger partial charge in [0.2, 0.25) is 0 Å². The SMILES string of the molecule is CCCCCCCCCCCCc1ccc2ccc(S(=O)(=O)[O-])cc2c1.[K+]. The van der Waals surface area contributed by atoms with Crippen molar-refractivity contribution in [3.05, 3.63) is 42.0 Å². The van der Waals surface area contributed by atoms with Gasteiger partial charge in [0.1, 0.15) is 10.1 Å². The molecule has 0 saturated heterocycles. The topological polar surface area (TPSA) is 57.2 Å². The maximum Gasteiger partial charge on any atom is 1.00 e. The van der Waals surface area contributed by atoms with Gasteiger partial charge in [-0.1, -0.05) is 89.0 Å². The molecule has 0 spiro atoms. The summed E-state index contributed by atoms with van der Waals surface area (Å²) < 4.78 is 33.5. The van der Waals surface area contributed by atoms with E-state index in [1.165, 1.54) is 75.5 Å². The maximum absolute atomic E-state index is 11.2. The number of hydrogen-bond donors (Lipinski definition) is 0. The molecule has 2 aromatic rings. The van der Waals surface area contributed by atoms with Gasteiger partial charge in [-0.3, -0.25) is 0 Å². The van der Waals surface area contributed by atoms with Crippen LogP contribution in [0, 0.1) is 0 Å². The van der Waals surface area contributed by atoms with Crippen molar-refractivity contribution < 1.29 is 64.4 Å². The zero-order chi connectivity index (χ0) is 18.8. The van der Waals surface area contributed by atoms with Gasteiger partial charge in [-0.05, 0) is 41.3 Å². The molecule has 0 atom stereocenters. The first kappa shape index (κ1) is 25.3. The Labute approximate surface area is 207 Å². The molecule has 0 N–H and O–H groups in total. The number of rotatable bonds is 12. The van der Waals surface area contributed by atoms with Crippen LogP contribution in [-0.2, 0) is 16.5 Å². The molecule has 27 heavy (non-hydrogen) atoms. The Morgan fingerprint density at radius 3 is 1.89 bits per heavy atom.